The van der Waals surface area contributed by atoms with Gasteiger partial charge >= 0.3 is 0 Å². The van der Waals surface area contributed by atoms with E-state index in [0.717, 1.165) is 64.1 Å². The van der Waals surface area contributed by atoms with Crippen molar-refractivity contribution in [3.05, 3.63) is 59.5 Å². The molecule has 2 heterocycles. The van der Waals surface area contributed by atoms with Crippen molar-refractivity contribution in [2.75, 3.05) is 46.5 Å². The van der Waals surface area contributed by atoms with Crippen LogP contribution < -0.4 is 10.6 Å². The average Bonchev–Trinajstić information content (AvgIpc) is 3.27. The van der Waals surface area contributed by atoms with Crippen LogP contribution in [0, 0.1) is 0 Å². The molecule has 8 heteroatoms. The first-order valence-electron chi connectivity index (χ1n) is 10.3. The molecule has 0 bridgehead atoms. The van der Waals surface area contributed by atoms with Gasteiger partial charge in [0, 0.05) is 46.4 Å². The molecule has 1 aliphatic heterocycles. The van der Waals surface area contributed by atoms with Gasteiger partial charge in [-0.3, -0.25) is 9.89 Å². The summed E-state index contributed by atoms with van der Waals surface area (Å²) in [6.45, 7) is 7.38. The van der Waals surface area contributed by atoms with Crippen LogP contribution in [-0.4, -0.2) is 57.4 Å². The van der Waals surface area contributed by atoms with E-state index in [1.165, 1.54) is 11.1 Å². The Kier molecular flexibility index (Phi) is 11.8. The summed E-state index contributed by atoms with van der Waals surface area (Å²) in [5, 5.41) is 6.71. The van der Waals surface area contributed by atoms with Gasteiger partial charge in [-0.25, -0.2) is 0 Å². The minimum atomic E-state index is 0. The number of nitrogens with one attached hydrogen (secondary N) is 2. The summed E-state index contributed by atoms with van der Waals surface area (Å²) in [4.78, 5) is 6.73. The molecule has 0 spiro atoms. The molecular formula is C22H33IN4O3. The van der Waals surface area contributed by atoms with Gasteiger partial charge in [-0.05, 0) is 29.7 Å². The first-order valence-corrected chi connectivity index (χ1v) is 10.3. The minimum Gasteiger partial charge on any atom is -0.467 e. The third kappa shape index (κ3) is 9.03. The Morgan fingerprint density at radius 2 is 1.97 bits per heavy atom. The summed E-state index contributed by atoms with van der Waals surface area (Å²) < 4.78 is 16.3. The molecule has 0 aliphatic carbocycles. The average molecular weight is 528 g/mol. The lowest BCUT2D eigenvalue weighted by Crippen LogP contribution is -2.37. The SMILES string of the molecule is CN=C(NCCCOCc1ccco1)NCc1cccc(CN2CCOCC2)c1.I. The zero-order chi connectivity index (χ0) is 20.2. The Bertz CT molecular complexity index is 734. The molecule has 7 nitrogen and oxygen atoms in total. The number of nitrogens with zero attached hydrogens (tertiary/aromatic N) is 2. The second-order valence-electron chi connectivity index (χ2n) is 7.05. The highest BCUT2D eigenvalue weighted by molar-refractivity contribution is 14.0. The van der Waals surface area contributed by atoms with Gasteiger partial charge in [-0.15, -0.1) is 24.0 Å². The van der Waals surface area contributed by atoms with E-state index >= 15 is 0 Å². The van der Waals surface area contributed by atoms with Gasteiger partial charge in [-0.2, -0.15) is 0 Å². The van der Waals surface area contributed by atoms with Crippen molar-refractivity contribution < 1.29 is 13.9 Å². The number of aliphatic imine (C=N–C) groups is 1. The van der Waals surface area contributed by atoms with Crippen LogP contribution in [0.4, 0.5) is 0 Å². The van der Waals surface area contributed by atoms with E-state index in [1.54, 1.807) is 13.3 Å². The molecule has 1 saturated heterocycles. The number of hydrogen-bond acceptors (Lipinski definition) is 5. The topological polar surface area (TPSA) is 71.3 Å². The maximum Gasteiger partial charge on any atom is 0.191 e. The van der Waals surface area contributed by atoms with E-state index in [4.69, 9.17) is 13.9 Å². The molecule has 0 amide bonds. The van der Waals surface area contributed by atoms with Gasteiger partial charge in [0.25, 0.3) is 0 Å². The Labute approximate surface area is 196 Å². The summed E-state index contributed by atoms with van der Waals surface area (Å²) in [6, 6.07) is 12.5. The fraction of sp³-hybridized carbons (Fsp3) is 0.500. The summed E-state index contributed by atoms with van der Waals surface area (Å²) in [6.07, 6.45) is 2.56. The second-order valence-corrected chi connectivity index (χ2v) is 7.05. The first-order chi connectivity index (χ1) is 14.3. The van der Waals surface area contributed by atoms with Gasteiger partial charge in [0.1, 0.15) is 12.4 Å². The zero-order valence-corrected chi connectivity index (χ0v) is 20.0. The zero-order valence-electron chi connectivity index (χ0n) is 17.6. The number of benzene rings is 1. The summed E-state index contributed by atoms with van der Waals surface area (Å²) in [7, 11) is 1.79. The number of rotatable bonds is 10. The summed E-state index contributed by atoms with van der Waals surface area (Å²) in [5.41, 5.74) is 2.59. The standard InChI is InChI=1S/C22H32N4O3.HI/c1-23-22(24-8-4-11-28-18-21-7-3-12-29-21)25-16-19-5-2-6-20(15-19)17-26-9-13-27-14-10-26;/h2-3,5-7,12,15H,4,8-11,13-14,16-18H2,1H3,(H2,23,24,25);1H. The van der Waals surface area contributed by atoms with E-state index < -0.39 is 0 Å². The van der Waals surface area contributed by atoms with E-state index in [0.29, 0.717) is 13.2 Å². The molecule has 1 fully saturated rings. The number of furan rings is 1. The highest BCUT2D eigenvalue weighted by Crippen LogP contribution is 2.10. The fourth-order valence-electron chi connectivity index (χ4n) is 3.21. The Balaban J connectivity index is 0.00000320. The lowest BCUT2D eigenvalue weighted by Gasteiger charge is -2.26. The third-order valence-corrected chi connectivity index (χ3v) is 4.77. The van der Waals surface area contributed by atoms with E-state index in [1.807, 2.05) is 12.1 Å². The molecule has 30 heavy (non-hydrogen) atoms. The van der Waals surface area contributed by atoms with Gasteiger partial charge in [0.2, 0.25) is 0 Å². The smallest absolute Gasteiger partial charge is 0.191 e. The van der Waals surface area contributed by atoms with Crippen LogP contribution in [0.15, 0.2) is 52.1 Å². The maximum absolute atomic E-state index is 5.59. The van der Waals surface area contributed by atoms with Crippen LogP contribution in [0.5, 0.6) is 0 Å². The largest absolute Gasteiger partial charge is 0.467 e. The molecule has 2 aromatic rings. The van der Waals surface area contributed by atoms with Crippen molar-refractivity contribution in [3.63, 3.8) is 0 Å². The molecule has 0 atom stereocenters. The molecule has 2 N–H and O–H groups in total. The van der Waals surface area contributed by atoms with E-state index in [-0.39, 0.29) is 24.0 Å². The van der Waals surface area contributed by atoms with Crippen LogP contribution in [0.3, 0.4) is 0 Å². The number of halogens is 1. The molecule has 1 aliphatic rings. The Hall–Kier alpha value is -1.62. The quantitative estimate of drug-likeness (QED) is 0.214. The van der Waals surface area contributed by atoms with Gasteiger partial charge < -0.3 is 24.5 Å². The van der Waals surface area contributed by atoms with Crippen molar-refractivity contribution in [2.24, 2.45) is 4.99 Å². The van der Waals surface area contributed by atoms with Crippen molar-refractivity contribution in [3.8, 4) is 0 Å². The summed E-state index contributed by atoms with van der Waals surface area (Å²) in [5.74, 6) is 1.65. The van der Waals surface area contributed by atoms with Crippen molar-refractivity contribution >= 4 is 29.9 Å². The van der Waals surface area contributed by atoms with E-state index in [2.05, 4.69) is 44.8 Å². The van der Waals surface area contributed by atoms with Crippen LogP contribution in [0.2, 0.25) is 0 Å². The highest BCUT2D eigenvalue weighted by atomic mass is 127. The lowest BCUT2D eigenvalue weighted by atomic mass is 10.1. The van der Waals surface area contributed by atoms with Gasteiger partial charge in [0.15, 0.2) is 5.96 Å². The van der Waals surface area contributed by atoms with Crippen molar-refractivity contribution in [1.29, 1.82) is 0 Å². The van der Waals surface area contributed by atoms with Crippen molar-refractivity contribution in [2.45, 2.75) is 26.1 Å². The monoisotopic (exact) mass is 528 g/mol. The first kappa shape index (κ1) is 24.6. The predicted octanol–water partition coefficient (Wildman–Crippen LogP) is 3.00. The Morgan fingerprint density at radius 3 is 2.73 bits per heavy atom. The normalized spacial score (nSPS) is 14.9. The highest BCUT2D eigenvalue weighted by Gasteiger charge is 2.10. The summed E-state index contributed by atoms with van der Waals surface area (Å²) >= 11 is 0. The van der Waals surface area contributed by atoms with E-state index in [9.17, 15) is 0 Å². The van der Waals surface area contributed by atoms with Crippen LogP contribution in [0.25, 0.3) is 0 Å². The lowest BCUT2D eigenvalue weighted by molar-refractivity contribution is 0.0342. The molecule has 166 valence electrons. The van der Waals surface area contributed by atoms with Crippen LogP contribution in [0.1, 0.15) is 23.3 Å². The minimum absolute atomic E-state index is 0. The van der Waals surface area contributed by atoms with Gasteiger partial charge in [-0.1, -0.05) is 24.3 Å². The molecule has 0 unspecified atom stereocenters. The number of guanidine groups is 1. The van der Waals surface area contributed by atoms with Crippen LogP contribution in [-0.2, 0) is 29.2 Å². The Morgan fingerprint density at radius 1 is 1.13 bits per heavy atom. The van der Waals surface area contributed by atoms with Crippen LogP contribution >= 0.6 is 24.0 Å². The molecule has 0 radical (unpaired) electrons. The molecule has 1 aromatic carbocycles. The maximum atomic E-state index is 5.59. The molecule has 1 aromatic heterocycles. The number of morpholine rings is 1. The second kappa shape index (κ2) is 14.4. The molecular weight excluding hydrogens is 495 g/mol. The fourth-order valence-corrected chi connectivity index (χ4v) is 3.21. The predicted molar refractivity (Wildman–Crippen MR) is 129 cm³/mol. The number of ether oxygens (including phenoxy) is 2. The molecule has 3 rings (SSSR count). The molecule has 0 saturated carbocycles. The third-order valence-electron chi connectivity index (χ3n) is 4.77. The van der Waals surface area contributed by atoms with Gasteiger partial charge in [0.05, 0.1) is 19.5 Å². The number of hydrogen-bond donors (Lipinski definition) is 2. The van der Waals surface area contributed by atoms with Crippen molar-refractivity contribution in [1.82, 2.24) is 15.5 Å².